The summed E-state index contributed by atoms with van der Waals surface area (Å²) in [6, 6.07) is 9.82. The highest BCUT2D eigenvalue weighted by atomic mass is 16.5. The average molecular weight is 402 g/mol. The van der Waals surface area contributed by atoms with E-state index in [1.165, 1.54) is 0 Å². The van der Waals surface area contributed by atoms with E-state index in [1.54, 1.807) is 0 Å². The van der Waals surface area contributed by atoms with Crippen LogP contribution in [0.1, 0.15) is 75.7 Å². The average Bonchev–Trinajstić information content (AvgIpc) is 2.69. The summed E-state index contributed by atoms with van der Waals surface area (Å²) in [5.41, 5.74) is 2.40. The van der Waals surface area contributed by atoms with Crippen LogP contribution in [0.3, 0.4) is 0 Å². The molecule has 0 radical (unpaired) electrons. The first-order valence-electron chi connectivity index (χ1n) is 10.3. The largest absolute Gasteiger partial charge is 0.477 e. The second kappa shape index (κ2) is 11.0. The lowest BCUT2D eigenvalue weighted by Gasteiger charge is -2.15. The third kappa shape index (κ3) is 6.92. The summed E-state index contributed by atoms with van der Waals surface area (Å²) in [4.78, 5) is 15.4. The van der Waals surface area contributed by atoms with Gasteiger partial charge >= 0.3 is 5.97 Å². The molecule has 0 unspecified atom stereocenters. The highest BCUT2D eigenvalue weighted by Crippen LogP contribution is 2.26. The van der Waals surface area contributed by atoms with Crippen molar-refractivity contribution < 1.29 is 25.2 Å². The van der Waals surface area contributed by atoms with Crippen LogP contribution in [0.5, 0.6) is 0 Å². The van der Waals surface area contributed by atoms with Crippen molar-refractivity contribution in [3.05, 3.63) is 47.7 Å². The molecule has 0 aliphatic carbocycles. The summed E-state index contributed by atoms with van der Waals surface area (Å²) < 4.78 is 0. The predicted molar refractivity (Wildman–Crippen MR) is 113 cm³/mol. The Bertz CT molecular complexity index is 831. The maximum Gasteiger partial charge on any atom is 0.364 e. The molecule has 0 saturated carbocycles. The molecule has 0 aliphatic heterocycles. The summed E-state index contributed by atoms with van der Waals surface area (Å²) in [5.74, 6) is -4.29. The molecule has 2 aromatic rings. The monoisotopic (exact) mass is 401 g/mol. The van der Waals surface area contributed by atoms with Gasteiger partial charge in [0, 0.05) is 11.8 Å². The quantitative estimate of drug-likeness (QED) is 0.313. The highest BCUT2D eigenvalue weighted by Gasteiger charge is 2.31. The van der Waals surface area contributed by atoms with Crippen LogP contribution in [-0.2, 0) is 4.79 Å². The van der Waals surface area contributed by atoms with Gasteiger partial charge < -0.3 is 20.4 Å². The van der Waals surface area contributed by atoms with Crippen molar-refractivity contribution in [2.45, 2.75) is 70.2 Å². The number of allylic oxidation sites excluding steroid dienone is 1. The number of nitrogens with zero attached hydrogens (tertiary/aromatic N) is 1. The van der Waals surface area contributed by atoms with E-state index < -0.39 is 17.9 Å². The SMILES string of the molecule is CCCCC[C@H](O)c1nc2ccccc2cc1/C=C/CCCCC(O)(O)C(=O)O. The van der Waals surface area contributed by atoms with E-state index in [-0.39, 0.29) is 6.42 Å². The van der Waals surface area contributed by atoms with E-state index in [2.05, 4.69) is 11.9 Å². The molecule has 0 amide bonds. The number of benzene rings is 1. The summed E-state index contributed by atoms with van der Waals surface area (Å²) in [6.45, 7) is 2.13. The number of hydrogen-bond donors (Lipinski definition) is 4. The first-order chi connectivity index (χ1) is 13.8. The highest BCUT2D eigenvalue weighted by molar-refractivity contribution is 5.81. The molecular formula is C23H31NO5. The number of carboxylic acid groups (broad SMARTS) is 1. The van der Waals surface area contributed by atoms with Crippen molar-refractivity contribution in [2.24, 2.45) is 0 Å². The van der Waals surface area contributed by atoms with Crippen molar-refractivity contribution in [2.75, 3.05) is 0 Å². The molecule has 1 aromatic heterocycles. The minimum atomic E-state index is -2.66. The number of aliphatic hydroxyl groups excluding tert-OH is 1. The number of rotatable bonds is 12. The summed E-state index contributed by atoms with van der Waals surface area (Å²) in [5, 5.41) is 39.0. The van der Waals surface area contributed by atoms with Crippen molar-refractivity contribution in [1.29, 1.82) is 0 Å². The normalized spacial score (nSPS) is 13.2. The molecule has 1 aromatic carbocycles. The van der Waals surface area contributed by atoms with Gasteiger partial charge in [-0.15, -0.1) is 0 Å². The maximum absolute atomic E-state index is 10.7. The third-order valence-electron chi connectivity index (χ3n) is 4.97. The standard InChI is InChI=1S/C23H31NO5/c1-2-3-6-14-20(25)21-18(16-17-11-8-9-13-19(17)24-21)12-7-4-5-10-15-23(28,29)22(26)27/h7-9,11-13,16,20,25,28-29H,2-6,10,14-15H2,1H3,(H,26,27)/b12-7+/t20-/m0/s1. The van der Waals surface area contributed by atoms with Crippen LogP contribution in [0, 0.1) is 0 Å². The number of pyridine rings is 1. The molecule has 29 heavy (non-hydrogen) atoms. The number of aliphatic hydroxyl groups is 3. The van der Waals surface area contributed by atoms with Crippen molar-refractivity contribution in [3.8, 4) is 0 Å². The van der Waals surface area contributed by atoms with E-state index in [1.807, 2.05) is 42.5 Å². The zero-order valence-corrected chi connectivity index (χ0v) is 16.9. The van der Waals surface area contributed by atoms with Crippen LogP contribution < -0.4 is 0 Å². The zero-order valence-electron chi connectivity index (χ0n) is 16.9. The van der Waals surface area contributed by atoms with E-state index in [0.29, 0.717) is 31.4 Å². The fraction of sp³-hybridized carbons (Fsp3) is 0.478. The van der Waals surface area contributed by atoms with Gasteiger partial charge in [0.05, 0.1) is 17.3 Å². The third-order valence-corrected chi connectivity index (χ3v) is 4.97. The van der Waals surface area contributed by atoms with Gasteiger partial charge in [-0.1, -0.05) is 56.5 Å². The Morgan fingerprint density at radius 1 is 1.17 bits per heavy atom. The van der Waals surface area contributed by atoms with E-state index in [0.717, 1.165) is 35.7 Å². The number of hydrogen-bond acceptors (Lipinski definition) is 5. The van der Waals surface area contributed by atoms with Gasteiger partial charge in [0.1, 0.15) is 0 Å². The Balaban J connectivity index is 2.06. The molecule has 6 nitrogen and oxygen atoms in total. The fourth-order valence-electron chi connectivity index (χ4n) is 3.22. The molecule has 0 bridgehead atoms. The molecule has 1 heterocycles. The molecule has 6 heteroatoms. The first kappa shape index (κ1) is 23.0. The summed E-state index contributed by atoms with van der Waals surface area (Å²) in [7, 11) is 0. The van der Waals surface area contributed by atoms with E-state index in [9.17, 15) is 20.1 Å². The lowest BCUT2D eigenvalue weighted by Crippen LogP contribution is -2.37. The second-order valence-corrected chi connectivity index (χ2v) is 7.44. The topological polar surface area (TPSA) is 111 Å². The molecule has 4 N–H and O–H groups in total. The Morgan fingerprint density at radius 2 is 1.93 bits per heavy atom. The van der Waals surface area contributed by atoms with Gasteiger partial charge in [0.15, 0.2) is 0 Å². The van der Waals surface area contributed by atoms with Crippen LogP contribution in [0.15, 0.2) is 36.4 Å². The number of fused-ring (bicyclic) bond motifs is 1. The summed E-state index contributed by atoms with van der Waals surface area (Å²) >= 11 is 0. The molecule has 1 atom stereocenters. The van der Waals surface area contributed by atoms with Crippen molar-refractivity contribution in [3.63, 3.8) is 0 Å². The Hall–Kier alpha value is -2.28. The van der Waals surface area contributed by atoms with Gasteiger partial charge in [-0.3, -0.25) is 0 Å². The molecule has 2 rings (SSSR count). The molecular weight excluding hydrogens is 370 g/mol. The van der Waals surface area contributed by atoms with Crippen LogP contribution in [-0.4, -0.2) is 37.2 Å². The lowest BCUT2D eigenvalue weighted by atomic mass is 10.0. The predicted octanol–water partition coefficient (Wildman–Crippen LogP) is 4.19. The summed E-state index contributed by atoms with van der Waals surface area (Å²) in [6.07, 6.45) is 8.50. The molecule has 0 fully saturated rings. The van der Waals surface area contributed by atoms with E-state index in [4.69, 9.17) is 5.11 Å². The number of carbonyl (C=O) groups is 1. The smallest absolute Gasteiger partial charge is 0.364 e. The lowest BCUT2D eigenvalue weighted by molar-refractivity contribution is -0.205. The minimum Gasteiger partial charge on any atom is -0.477 e. The number of unbranched alkanes of at least 4 members (excludes halogenated alkanes) is 4. The molecule has 0 spiro atoms. The van der Waals surface area contributed by atoms with Gasteiger partial charge in [-0.05, 0) is 43.4 Å². The molecule has 0 saturated heterocycles. The molecule has 0 aliphatic rings. The van der Waals surface area contributed by atoms with Gasteiger partial charge in [-0.2, -0.15) is 0 Å². The molecule has 158 valence electrons. The van der Waals surface area contributed by atoms with Crippen molar-refractivity contribution in [1.82, 2.24) is 4.98 Å². The Kier molecular flexibility index (Phi) is 8.76. The van der Waals surface area contributed by atoms with Crippen LogP contribution in [0.4, 0.5) is 0 Å². The minimum absolute atomic E-state index is 0.213. The van der Waals surface area contributed by atoms with Gasteiger partial charge in [-0.25, -0.2) is 9.78 Å². The second-order valence-electron chi connectivity index (χ2n) is 7.44. The Morgan fingerprint density at radius 3 is 2.66 bits per heavy atom. The zero-order chi connectivity index (χ0) is 21.3. The number of aromatic nitrogens is 1. The number of aliphatic carboxylic acids is 1. The van der Waals surface area contributed by atoms with E-state index >= 15 is 0 Å². The first-order valence-corrected chi connectivity index (χ1v) is 10.3. The van der Waals surface area contributed by atoms with Gasteiger partial charge in [0.2, 0.25) is 0 Å². The van der Waals surface area contributed by atoms with Crippen LogP contribution >= 0.6 is 0 Å². The van der Waals surface area contributed by atoms with Crippen molar-refractivity contribution >= 4 is 22.9 Å². The Labute approximate surface area is 171 Å². The fourth-order valence-corrected chi connectivity index (χ4v) is 3.22. The van der Waals surface area contributed by atoms with Gasteiger partial charge in [0.25, 0.3) is 5.79 Å². The number of carboxylic acids is 1. The maximum atomic E-state index is 10.7. The van der Waals surface area contributed by atoms with Crippen LogP contribution in [0.25, 0.3) is 17.0 Å². The number of para-hydroxylation sites is 1. The van der Waals surface area contributed by atoms with Crippen LogP contribution in [0.2, 0.25) is 0 Å².